The van der Waals surface area contributed by atoms with Gasteiger partial charge in [0.1, 0.15) is 5.41 Å². The Hall–Kier alpha value is -2.18. The molecule has 1 aromatic heterocycles. The van der Waals surface area contributed by atoms with Crippen LogP contribution in [0.3, 0.4) is 0 Å². The Balaban J connectivity index is 1.63. The monoisotopic (exact) mass is 384 g/mol. The normalized spacial score (nSPS) is 25.9. The van der Waals surface area contributed by atoms with Crippen LogP contribution in [-0.4, -0.2) is 45.3 Å². The number of hydrogen-bond acceptors (Lipinski definition) is 4. The quantitative estimate of drug-likeness (QED) is 0.737. The van der Waals surface area contributed by atoms with Crippen LogP contribution in [-0.2, 0) is 11.3 Å². The topological polar surface area (TPSA) is 93.6 Å². The van der Waals surface area contributed by atoms with Crippen LogP contribution in [0, 0.1) is 25.2 Å². The van der Waals surface area contributed by atoms with E-state index in [0.29, 0.717) is 43.8 Å². The molecule has 2 aromatic rings. The zero-order valence-electron chi connectivity index (χ0n) is 16.5. The fraction of sp³-hybridized carbons (Fsp3) is 0.545. The third kappa shape index (κ3) is 3.35. The maximum absolute atomic E-state index is 12.7. The van der Waals surface area contributed by atoms with E-state index < -0.39 is 17.5 Å². The summed E-state index contributed by atoms with van der Waals surface area (Å²) in [6.07, 6.45) is 2.26. The number of nitrogens with one attached hydrogen (secondary N) is 1. The maximum Gasteiger partial charge on any atom is 0.313 e. The molecule has 2 aliphatic rings. The second-order valence-electron chi connectivity index (χ2n) is 8.73. The fourth-order valence-electron chi connectivity index (χ4n) is 4.68. The van der Waals surface area contributed by atoms with Gasteiger partial charge in [0.05, 0.1) is 11.6 Å². The van der Waals surface area contributed by atoms with E-state index in [1.807, 2.05) is 26.0 Å². The Bertz CT molecular complexity index is 978. The van der Waals surface area contributed by atoms with Gasteiger partial charge in [0.15, 0.2) is 5.43 Å². The summed E-state index contributed by atoms with van der Waals surface area (Å²) in [4.78, 5) is 30.3. The van der Waals surface area contributed by atoms with E-state index in [4.69, 9.17) is 0 Å². The summed E-state index contributed by atoms with van der Waals surface area (Å²) in [5.41, 5.74) is 2.48. The Morgan fingerprint density at radius 1 is 1.25 bits per heavy atom. The largest absolute Gasteiger partial charge is 0.481 e. The first-order valence-corrected chi connectivity index (χ1v) is 10.1. The molecular formula is C22H28N2O4. The molecule has 3 N–H and O–H groups in total. The number of nitrogens with zero attached hydrogens (tertiary/aromatic N) is 1. The highest BCUT2D eigenvalue weighted by Gasteiger charge is 2.51. The van der Waals surface area contributed by atoms with Crippen molar-refractivity contribution in [1.82, 2.24) is 9.88 Å². The van der Waals surface area contributed by atoms with Crippen molar-refractivity contribution in [2.75, 3.05) is 13.1 Å². The third-order valence-corrected chi connectivity index (χ3v) is 6.49. The molecule has 2 atom stereocenters. The molecule has 1 aliphatic carbocycles. The molecule has 150 valence electrons. The van der Waals surface area contributed by atoms with Gasteiger partial charge in [-0.25, -0.2) is 0 Å². The van der Waals surface area contributed by atoms with Crippen molar-refractivity contribution in [3.63, 3.8) is 0 Å². The molecule has 0 bridgehead atoms. The number of carboxylic acids is 1. The predicted molar refractivity (Wildman–Crippen MR) is 107 cm³/mol. The second kappa shape index (κ2) is 7.01. The van der Waals surface area contributed by atoms with Crippen LogP contribution in [0.2, 0.25) is 0 Å². The SMILES string of the molecule is Cc1ccc(C)c2c(=O)cc(CN3CC[C@@H](O)[C@](CC4CC4)(C(=O)O)C3)[nH]c12. The first-order valence-electron chi connectivity index (χ1n) is 10.1. The van der Waals surface area contributed by atoms with Gasteiger partial charge in [-0.05, 0) is 43.7 Å². The zero-order chi connectivity index (χ0) is 20.1. The van der Waals surface area contributed by atoms with Crippen molar-refractivity contribution in [1.29, 1.82) is 0 Å². The van der Waals surface area contributed by atoms with E-state index >= 15 is 0 Å². The summed E-state index contributed by atoms with van der Waals surface area (Å²) in [6, 6.07) is 5.58. The minimum atomic E-state index is -1.11. The van der Waals surface area contributed by atoms with Gasteiger partial charge < -0.3 is 15.2 Å². The summed E-state index contributed by atoms with van der Waals surface area (Å²) < 4.78 is 0. The molecular weight excluding hydrogens is 356 g/mol. The van der Waals surface area contributed by atoms with Gasteiger partial charge in [-0.2, -0.15) is 0 Å². The number of piperidine rings is 1. The van der Waals surface area contributed by atoms with Gasteiger partial charge in [-0.1, -0.05) is 25.0 Å². The number of aliphatic hydroxyl groups is 1. The van der Waals surface area contributed by atoms with E-state index in [-0.39, 0.29) is 5.43 Å². The van der Waals surface area contributed by atoms with Crippen molar-refractivity contribution < 1.29 is 15.0 Å². The van der Waals surface area contributed by atoms with Gasteiger partial charge in [0.25, 0.3) is 0 Å². The van der Waals surface area contributed by atoms with Crippen molar-refractivity contribution in [3.05, 3.63) is 45.2 Å². The number of H-pyrrole nitrogens is 1. The first kappa shape index (κ1) is 19.2. The Labute approximate surface area is 164 Å². The summed E-state index contributed by atoms with van der Waals surface area (Å²) in [5, 5.41) is 21.2. The summed E-state index contributed by atoms with van der Waals surface area (Å²) in [6.45, 7) is 5.32. The number of carbonyl (C=O) groups is 1. The molecule has 6 heteroatoms. The third-order valence-electron chi connectivity index (χ3n) is 6.49. The van der Waals surface area contributed by atoms with Crippen molar-refractivity contribution >= 4 is 16.9 Å². The van der Waals surface area contributed by atoms with Gasteiger partial charge >= 0.3 is 5.97 Å². The Kier molecular flexibility index (Phi) is 4.79. The van der Waals surface area contributed by atoms with Crippen LogP contribution in [0.4, 0.5) is 0 Å². The molecule has 1 aliphatic heterocycles. The first-order chi connectivity index (χ1) is 13.3. The van der Waals surface area contributed by atoms with Crippen LogP contribution < -0.4 is 5.43 Å². The number of aromatic nitrogens is 1. The number of aliphatic hydroxyl groups excluding tert-OH is 1. The van der Waals surface area contributed by atoms with Crippen molar-refractivity contribution in [3.8, 4) is 0 Å². The van der Waals surface area contributed by atoms with Crippen molar-refractivity contribution in [2.45, 2.75) is 52.2 Å². The van der Waals surface area contributed by atoms with E-state index in [9.17, 15) is 19.8 Å². The number of rotatable bonds is 5. The fourth-order valence-corrected chi connectivity index (χ4v) is 4.68. The molecule has 2 heterocycles. The Morgan fingerprint density at radius 2 is 1.96 bits per heavy atom. The highest BCUT2D eigenvalue weighted by atomic mass is 16.4. The van der Waals surface area contributed by atoms with Gasteiger partial charge in [0, 0.05) is 36.8 Å². The number of aliphatic carboxylic acids is 1. The van der Waals surface area contributed by atoms with Gasteiger partial charge in [-0.15, -0.1) is 0 Å². The number of pyridine rings is 1. The maximum atomic E-state index is 12.7. The molecule has 1 aromatic carbocycles. The number of likely N-dealkylation sites (tertiary alicyclic amines) is 1. The van der Waals surface area contributed by atoms with Crippen LogP contribution in [0.25, 0.3) is 10.9 Å². The van der Waals surface area contributed by atoms with E-state index in [1.54, 1.807) is 6.07 Å². The number of hydrogen-bond donors (Lipinski definition) is 3. The van der Waals surface area contributed by atoms with Crippen LogP contribution in [0.5, 0.6) is 0 Å². The standard InChI is InChI=1S/C22H28N2O4/c1-13-3-4-14(2)20-19(13)17(25)9-16(23-20)11-24-8-7-18(26)22(12-24,21(27)28)10-15-5-6-15/h3-4,9,15,18,26H,5-8,10-12H2,1-2H3,(H,23,25)(H,27,28)/t18-,22-/m1/s1. The molecule has 1 saturated carbocycles. The number of carboxylic acid groups (broad SMARTS) is 1. The number of fused-ring (bicyclic) bond motifs is 1. The molecule has 0 spiro atoms. The molecule has 6 nitrogen and oxygen atoms in total. The lowest BCUT2D eigenvalue weighted by molar-refractivity contribution is -0.165. The summed E-state index contributed by atoms with van der Waals surface area (Å²) in [5.74, 6) is -0.494. The van der Waals surface area contributed by atoms with E-state index in [0.717, 1.165) is 35.2 Å². The van der Waals surface area contributed by atoms with E-state index in [2.05, 4.69) is 9.88 Å². The van der Waals surface area contributed by atoms with Gasteiger partial charge in [-0.3, -0.25) is 14.5 Å². The minimum absolute atomic E-state index is 0.00975. The lowest BCUT2D eigenvalue weighted by atomic mass is 9.73. The van der Waals surface area contributed by atoms with E-state index in [1.165, 1.54) is 0 Å². The highest BCUT2D eigenvalue weighted by Crippen LogP contribution is 2.45. The average molecular weight is 384 g/mol. The number of aryl methyl sites for hydroxylation is 2. The highest BCUT2D eigenvalue weighted by molar-refractivity contribution is 5.84. The summed E-state index contributed by atoms with van der Waals surface area (Å²) >= 11 is 0. The molecule has 28 heavy (non-hydrogen) atoms. The molecule has 0 unspecified atom stereocenters. The molecule has 0 radical (unpaired) electrons. The lowest BCUT2D eigenvalue weighted by Crippen LogP contribution is -2.56. The van der Waals surface area contributed by atoms with Crippen LogP contribution in [0.15, 0.2) is 23.0 Å². The van der Waals surface area contributed by atoms with Crippen LogP contribution in [0.1, 0.15) is 42.5 Å². The zero-order valence-corrected chi connectivity index (χ0v) is 16.5. The van der Waals surface area contributed by atoms with Gasteiger partial charge in [0.2, 0.25) is 0 Å². The van der Waals surface area contributed by atoms with Crippen molar-refractivity contribution in [2.24, 2.45) is 11.3 Å². The smallest absolute Gasteiger partial charge is 0.313 e. The summed E-state index contributed by atoms with van der Waals surface area (Å²) in [7, 11) is 0. The molecule has 4 rings (SSSR count). The predicted octanol–water partition coefficient (Wildman–Crippen LogP) is 2.58. The molecule has 0 amide bonds. The average Bonchev–Trinajstić information content (AvgIpc) is 3.44. The number of benzene rings is 1. The van der Waals surface area contributed by atoms with Crippen LogP contribution >= 0.6 is 0 Å². The minimum Gasteiger partial charge on any atom is -0.481 e. The second-order valence-corrected chi connectivity index (χ2v) is 8.73. The molecule has 2 fully saturated rings. The molecule has 1 saturated heterocycles. The Morgan fingerprint density at radius 3 is 2.64 bits per heavy atom. The number of aromatic amines is 1. The lowest BCUT2D eigenvalue weighted by Gasteiger charge is -2.43.